The van der Waals surface area contributed by atoms with E-state index in [2.05, 4.69) is 30.2 Å². The van der Waals surface area contributed by atoms with E-state index in [1.807, 2.05) is 0 Å². The number of carbonyl (C=O) groups is 2. The SMILES string of the molecule is O=C(N[C@H]1CC[C@@H](n2c(=O)c3cc(F)cnc3n(-c3cccc(-c4ccc(OC(=O)C(F)(F)F)cc4CN4CCNCC4)c3)c2=O)CC1)c1cn2cc(F)ccc2n1. The fourth-order valence-electron chi connectivity index (χ4n) is 7.68. The number of nitrogens with zero attached hydrogens (tertiary/aromatic N) is 6. The van der Waals surface area contributed by atoms with E-state index >= 15 is 0 Å². The van der Waals surface area contributed by atoms with Gasteiger partial charge >= 0.3 is 17.8 Å². The van der Waals surface area contributed by atoms with Crippen LogP contribution < -0.4 is 26.6 Å². The van der Waals surface area contributed by atoms with E-state index in [9.17, 15) is 41.1 Å². The number of piperazine rings is 1. The Balaban J connectivity index is 1.11. The largest absolute Gasteiger partial charge is 0.491 e. The van der Waals surface area contributed by atoms with Crippen molar-refractivity contribution in [3.05, 3.63) is 123 Å². The van der Waals surface area contributed by atoms with Crippen LogP contribution in [-0.4, -0.2) is 78.7 Å². The van der Waals surface area contributed by atoms with Crippen LogP contribution in [0.2, 0.25) is 0 Å². The van der Waals surface area contributed by atoms with Crippen molar-refractivity contribution in [1.82, 2.24) is 39.0 Å². The fraction of sp³-hybridized carbons (Fsp3) is 0.300. The molecule has 18 heteroatoms. The Hall–Kier alpha value is -6.27. The summed E-state index contributed by atoms with van der Waals surface area (Å²) in [6.45, 7) is 3.05. The molecule has 0 spiro atoms. The number of carbonyl (C=O) groups excluding carboxylic acids is 2. The van der Waals surface area contributed by atoms with Crippen molar-refractivity contribution in [2.24, 2.45) is 0 Å². The summed E-state index contributed by atoms with van der Waals surface area (Å²) in [6, 6.07) is 13.7. The van der Waals surface area contributed by atoms with Crippen LogP contribution in [0.1, 0.15) is 47.8 Å². The number of benzene rings is 2. The molecule has 1 saturated carbocycles. The molecule has 0 radical (unpaired) electrons. The third-order valence-electron chi connectivity index (χ3n) is 10.5. The van der Waals surface area contributed by atoms with Crippen LogP contribution in [0.3, 0.4) is 0 Å². The number of rotatable bonds is 8. The maximum atomic E-state index is 14.7. The third-order valence-corrected chi connectivity index (χ3v) is 10.5. The lowest BCUT2D eigenvalue weighted by Crippen LogP contribution is -2.45. The Kier molecular flexibility index (Phi) is 10.4. The molecular weight excluding hydrogens is 767 g/mol. The minimum absolute atomic E-state index is 0.0754. The molecule has 1 amide bonds. The molecule has 1 saturated heterocycles. The smallest absolute Gasteiger partial charge is 0.420 e. The Morgan fingerprint density at radius 1 is 0.914 bits per heavy atom. The second kappa shape index (κ2) is 15.6. The summed E-state index contributed by atoms with van der Waals surface area (Å²) in [4.78, 5) is 63.7. The van der Waals surface area contributed by atoms with Gasteiger partial charge in [0.2, 0.25) is 0 Å². The number of alkyl halides is 3. The van der Waals surface area contributed by atoms with E-state index in [4.69, 9.17) is 0 Å². The number of fused-ring (bicyclic) bond motifs is 2. The second-order valence-electron chi connectivity index (χ2n) is 14.3. The van der Waals surface area contributed by atoms with E-state index < -0.39 is 47.0 Å². The summed E-state index contributed by atoms with van der Waals surface area (Å²) >= 11 is 0. The van der Waals surface area contributed by atoms with Gasteiger partial charge < -0.3 is 19.8 Å². The molecule has 2 aromatic carbocycles. The monoisotopic (exact) mass is 802 g/mol. The van der Waals surface area contributed by atoms with Crippen molar-refractivity contribution in [3.63, 3.8) is 0 Å². The second-order valence-corrected chi connectivity index (χ2v) is 14.3. The highest BCUT2D eigenvalue weighted by molar-refractivity contribution is 5.93. The molecule has 1 aliphatic heterocycles. The van der Waals surface area contributed by atoms with Gasteiger partial charge in [-0.2, -0.15) is 13.2 Å². The first-order valence-electron chi connectivity index (χ1n) is 18.6. The minimum atomic E-state index is -5.19. The minimum Gasteiger partial charge on any atom is -0.420 e. The van der Waals surface area contributed by atoms with Gasteiger partial charge in [0.05, 0.1) is 17.3 Å². The van der Waals surface area contributed by atoms with Crippen LogP contribution >= 0.6 is 0 Å². The number of halogens is 5. The van der Waals surface area contributed by atoms with Gasteiger partial charge in [-0.1, -0.05) is 18.2 Å². The zero-order valence-corrected chi connectivity index (χ0v) is 30.6. The van der Waals surface area contributed by atoms with E-state index in [0.29, 0.717) is 80.7 Å². The van der Waals surface area contributed by atoms with E-state index in [1.165, 1.54) is 51.7 Å². The summed E-state index contributed by atoms with van der Waals surface area (Å²) in [5, 5.41) is 6.06. The van der Waals surface area contributed by atoms with E-state index in [-0.39, 0.29) is 34.2 Å². The van der Waals surface area contributed by atoms with Crippen molar-refractivity contribution < 1.29 is 36.3 Å². The number of amides is 1. The van der Waals surface area contributed by atoms with Crippen molar-refractivity contribution >= 4 is 28.6 Å². The number of imidazole rings is 1. The Morgan fingerprint density at radius 3 is 2.45 bits per heavy atom. The zero-order chi connectivity index (χ0) is 40.7. The van der Waals surface area contributed by atoms with E-state index in [0.717, 1.165) is 16.8 Å². The van der Waals surface area contributed by atoms with Gasteiger partial charge in [0.1, 0.15) is 28.7 Å². The predicted molar refractivity (Wildman–Crippen MR) is 201 cm³/mol. The number of nitrogens with one attached hydrogen (secondary N) is 2. The average Bonchev–Trinajstić information content (AvgIpc) is 3.63. The molecule has 2 fully saturated rings. The molecule has 6 aromatic rings. The number of ether oxygens (including phenoxy) is 1. The first kappa shape index (κ1) is 38.6. The molecule has 8 rings (SSSR count). The molecule has 300 valence electrons. The summed E-state index contributed by atoms with van der Waals surface area (Å²) in [5.74, 6) is -4.34. The molecule has 0 unspecified atom stereocenters. The van der Waals surface area contributed by atoms with Crippen molar-refractivity contribution in [3.8, 4) is 22.6 Å². The quantitative estimate of drug-likeness (QED) is 0.124. The van der Waals surface area contributed by atoms with Crippen molar-refractivity contribution in [1.29, 1.82) is 0 Å². The first-order valence-corrected chi connectivity index (χ1v) is 18.6. The Morgan fingerprint density at radius 2 is 1.69 bits per heavy atom. The lowest BCUT2D eigenvalue weighted by Gasteiger charge is -2.30. The maximum Gasteiger partial charge on any atom is 0.491 e. The van der Waals surface area contributed by atoms with Crippen LogP contribution in [0.5, 0.6) is 5.75 Å². The third kappa shape index (κ3) is 7.84. The summed E-state index contributed by atoms with van der Waals surface area (Å²) in [7, 11) is 0. The standard InChI is InChI=1S/C40H35F5N8O5/c41-25-4-11-34-49-33(22-51(34)21-25)36(54)48-27-5-7-28(8-6-27)53-37(55)32-18-26(42)19-47-35(32)52(39(53)57)29-3-1-2-23(16-29)31-10-9-30(58-38(56)40(43,44)45)17-24(31)20-50-14-12-46-13-15-50/h1-4,9-11,16-19,21-22,27-28,46H,5-8,12-15,20H2,(H,48,54)/t27-,28+. The Bertz CT molecular complexity index is 2680. The van der Waals surface area contributed by atoms with Gasteiger partial charge in [0, 0.05) is 57.2 Å². The number of hydrogen-bond donors (Lipinski definition) is 2. The molecule has 1 aliphatic carbocycles. The summed E-state index contributed by atoms with van der Waals surface area (Å²) < 4.78 is 75.9. The van der Waals surface area contributed by atoms with Gasteiger partial charge in [-0.3, -0.25) is 19.1 Å². The van der Waals surface area contributed by atoms with E-state index in [1.54, 1.807) is 24.3 Å². The van der Waals surface area contributed by atoms with Gasteiger partial charge in [-0.25, -0.2) is 32.9 Å². The normalized spacial score (nSPS) is 17.7. The number of esters is 1. The molecule has 5 heterocycles. The number of pyridine rings is 2. The highest BCUT2D eigenvalue weighted by Crippen LogP contribution is 2.32. The fourth-order valence-corrected chi connectivity index (χ4v) is 7.68. The van der Waals surface area contributed by atoms with Crippen LogP contribution in [0.15, 0.2) is 88.8 Å². The van der Waals surface area contributed by atoms with Crippen molar-refractivity contribution in [2.75, 3.05) is 26.2 Å². The molecule has 2 N–H and O–H groups in total. The molecular formula is C40H35F5N8O5. The lowest BCUT2D eigenvalue weighted by atomic mass is 9.90. The maximum absolute atomic E-state index is 14.7. The molecule has 13 nitrogen and oxygen atoms in total. The van der Waals surface area contributed by atoms with Gasteiger partial charge in [-0.15, -0.1) is 0 Å². The lowest BCUT2D eigenvalue weighted by molar-refractivity contribution is -0.189. The highest BCUT2D eigenvalue weighted by atomic mass is 19.4. The van der Waals surface area contributed by atoms with Crippen molar-refractivity contribution in [2.45, 2.75) is 50.5 Å². The summed E-state index contributed by atoms with van der Waals surface area (Å²) in [5.41, 5.74) is 1.00. The Labute approximate surface area is 325 Å². The number of aromatic nitrogens is 5. The average molecular weight is 803 g/mol. The van der Waals surface area contributed by atoms with Crippen LogP contribution in [0.25, 0.3) is 33.5 Å². The highest BCUT2D eigenvalue weighted by Gasteiger charge is 2.41. The predicted octanol–water partition coefficient (Wildman–Crippen LogP) is 4.93. The zero-order valence-electron chi connectivity index (χ0n) is 30.6. The topological polar surface area (TPSA) is 145 Å². The number of hydrogen-bond acceptors (Lipinski definition) is 9. The van der Waals surface area contributed by atoms with Crippen LogP contribution in [0, 0.1) is 11.6 Å². The molecule has 0 atom stereocenters. The van der Waals surface area contributed by atoms with Gasteiger partial charge in [0.15, 0.2) is 5.65 Å². The van der Waals surface area contributed by atoms with Crippen LogP contribution in [0.4, 0.5) is 22.0 Å². The first-order chi connectivity index (χ1) is 27.8. The molecule has 2 aliphatic rings. The van der Waals surface area contributed by atoms with Gasteiger partial charge in [-0.05, 0) is 84.8 Å². The van der Waals surface area contributed by atoms with Gasteiger partial charge in [0.25, 0.3) is 11.5 Å². The molecule has 4 aromatic heterocycles. The molecule has 0 bridgehead atoms. The summed E-state index contributed by atoms with van der Waals surface area (Å²) in [6.07, 6.45) is -0.180. The molecule has 58 heavy (non-hydrogen) atoms. The van der Waals surface area contributed by atoms with Crippen LogP contribution in [-0.2, 0) is 11.3 Å².